The Bertz CT molecular complexity index is 1140. The fraction of sp³-hybridized carbons (Fsp3) is 0.423. The number of amides is 2. The van der Waals surface area contributed by atoms with Crippen LogP contribution in [-0.2, 0) is 22.3 Å². The Morgan fingerprint density at radius 1 is 1.11 bits per heavy atom. The first-order valence-electron chi connectivity index (χ1n) is 11.6. The molecule has 0 aromatic heterocycles. The molecule has 4 rings (SSSR count). The van der Waals surface area contributed by atoms with Crippen molar-refractivity contribution in [3.05, 3.63) is 65.2 Å². The lowest BCUT2D eigenvalue weighted by Gasteiger charge is -2.43. The number of guanidine groups is 1. The van der Waals surface area contributed by atoms with E-state index in [1.165, 1.54) is 11.0 Å². The Hall–Kier alpha value is -3.36. The maximum atomic E-state index is 13.1. The van der Waals surface area contributed by atoms with Crippen molar-refractivity contribution in [3.8, 4) is 0 Å². The van der Waals surface area contributed by atoms with Crippen molar-refractivity contribution in [3.63, 3.8) is 0 Å². The number of carbonyl (C=O) groups is 2. The first kappa shape index (κ1) is 24.8. The highest BCUT2D eigenvalue weighted by Crippen LogP contribution is 2.36. The Morgan fingerprint density at radius 2 is 1.83 bits per heavy atom. The van der Waals surface area contributed by atoms with Crippen LogP contribution in [0.5, 0.6) is 0 Å². The van der Waals surface area contributed by atoms with E-state index < -0.39 is 17.3 Å². The summed E-state index contributed by atoms with van der Waals surface area (Å²) < 4.78 is 39.4. The van der Waals surface area contributed by atoms with Gasteiger partial charge in [0.2, 0.25) is 11.8 Å². The van der Waals surface area contributed by atoms with Crippen LogP contribution < -0.4 is 10.2 Å². The van der Waals surface area contributed by atoms with Gasteiger partial charge < -0.3 is 10.2 Å². The lowest BCUT2D eigenvalue weighted by atomic mass is 9.83. The third-order valence-electron chi connectivity index (χ3n) is 7.14. The molecule has 0 bridgehead atoms. The van der Waals surface area contributed by atoms with E-state index in [0.29, 0.717) is 11.3 Å². The van der Waals surface area contributed by atoms with E-state index in [-0.39, 0.29) is 55.5 Å². The predicted octanol–water partition coefficient (Wildman–Crippen LogP) is 4.90. The van der Waals surface area contributed by atoms with Crippen LogP contribution in [-0.4, -0.2) is 34.8 Å². The fourth-order valence-corrected chi connectivity index (χ4v) is 4.59. The molecule has 2 N–H and O–H groups in total. The highest BCUT2D eigenvalue weighted by molar-refractivity contribution is 5.99. The lowest BCUT2D eigenvalue weighted by Crippen LogP contribution is -2.62. The van der Waals surface area contributed by atoms with Crippen molar-refractivity contribution < 1.29 is 22.8 Å². The van der Waals surface area contributed by atoms with Crippen molar-refractivity contribution >= 4 is 23.5 Å². The molecular weight excluding hydrogens is 457 g/mol. The van der Waals surface area contributed by atoms with E-state index in [1.807, 2.05) is 26.8 Å². The van der Waals surface area contributed by atoms with Gasteiger partial charge in [-0.25, -0.2) is 0 Å². The summed E-state index contributed by atoms with van der Waals surface area (Å²) >= 11 is 0. The summed E-state index contributed by atoms with van der Waals surface area (Å²) in [7, 11) is 0. The topological polar surface area (TPSA) is 76.5 Å². The van der Waals surface area contributed by atoms with Gasteiger partial charge in [-0.05, 0) is 42.2 Å². The number of nitrogens with one attached hydrogen (secondary N) is 2. The van der Waals surface area contributed by atoms with Crippen LogP contribution in [0.3, 0.4) is 0 Å². The summed E-state index contributed by atoms with van der Waals surface area (Å²) in [4.78, 5) is 28.6. The average molecular weight is 487 g/mol. The maximum absolute atomic E-state index is 13.1. The van der Waals surface area contributed by atoms with E-state index in [1.54, 1.807) is 29.2 Å². The van der Waals surface area contributed by atoms with E-state index in [4.69, 9.17) is 5.41 Å². The average Bonchev–Trinajstić information content (AvgIpc) is 3.17. The number of halogens is 3. The SMILES string of the molecule is CC(C)[C@]1(C)CC(=O)N(Cc2cccc(N3C[C@H](c4cccc(C(F)(F)F)c4)CC3=O)c2)C(=N)N1. The quantitative estimate of drug-likeness (QED) is 0.631. The van der Waals surface area contributed by atoms with Gasteiger partial charge in [0.05, 0.1) is 18.5 Å². The van der Waals surface area contributed by atoms with Crippen molar-refractivity contribution in [1.82, 2.24) is 10.2 Å². The van der Waals surface area contributed by atoms with E-state index in [9.17, 15) is 22.8 Å². The standard InChI is InChI=1S/C26H29F3N4O2/c1-16(2)25(3)13-23(35)33(24(30)31-25)14-17-6-4-9-21(10-17)32-15-19(12-22(32)34)18-7-5-8-20(11-18)26(27,28)29/h4-11,16,19H,12-15H2,1-3H3,(H2,30,31)/t19-,25+/m1/s1. The lowest BCUT2D eigenvalue weighted by molar-refractivity contribution is -0.137. The number of benzene rings is 2. The highest BCUT2D eigenvalue weighted by atomic mass is 19.4. The molecule has 0 saturated carbocycles. The molecule has 2 amide bonds. The van der Waals surface area contributed by atoms with Gasteiger partial charge in [0.15, 0.2) is 5.96 Å². The largest absolute Gasteiger partial charge is 0.416 e. The second-order valence-electron chi connectivity index (χ2n) is 9.90. The Kier molecular flexibility index (Phi) is 6.38. The molecule has 2 aromatic rings. The minimum atomic E-state index is -4.44. The molecule has 2 aliphatic heterocycles. The smallest absolute Gasteiger partial charge is 0.350 e. The second-order valence-corrected chi connectivity index (χ2v) is 9.90. The van der Waals surface area contributed by atoms with E-state index in [0.717, 1.165) is 17.7 Å². The maximum Gasteiger partial charge on any atom is 0.416 e. The third kappa shape index (κ3) is 5.04. The number of alkyl halides is 3. The van der Waals surface area contributed by atoms with Crippen molar-refractivity contribution in [2.45, 2.75) is 57.8 Å². The molecule has 2 aromatic carbocycles. The minimum absolute atomic E-state index is 0.0460. The highest BCUT2D eigenvalue weighted by Gasteiger charge is 2.40. The normalized spacial score (nSPS) is 23.3. The molecule has 2 heterocycles. The molecule has 9 heteroatoms. The summed E-state index contributed by atoms with van der Waals surface area (Å²) in [6.45, 7) is 6.41. The van der Waals surface area contributed by atoms with Gasteiger partial charge in [0.1, 0.15) is 0 Å². The Labute approximate surface area is 202 Å². The van der Waals surface area contributed by atoms with Gasteiger partial charge in [-0.15, -0.1) is 0 Å². The van der Waals surface area contributed by atoms with Gasteiger partial charge in [0.25, 0.3) is 0 Å². The number of rotatable bonds is 5. The summed E-state index contributed by atoms with van der Waals surface area (Å²) in [5.74, 6) is -0.436. The molecular formula is C26H29F3N4O2. The molecule has 2 aliphatic rings. The van der Waals surface area contributed by atoms with Gasteiger partial charge in [-0.2, -0.15) is 13.2 Å². The first-order chi connectivity index (χ1) is 16.4. The fourth-order valence-electron chi connectivity index (χ4n) is 4.59. The van der Waals surface area contributed by atoms with Crippen LogP contribution in [0.15, 0.2) is 48.5 Å². The van der Waals surface area contributed by atoms with Crippen LogP contribution in [0.1, 0.15) is 56.2 Å². The molecule has 6 nitrogen and oxygen atoms in total. The van der Waals surface area contributed by atoms with E-state index in [2.05, 4.69) is 5.32 Å². The van der Waals surface area contributed by atoms with Gasteiger partial charge in [-0.3, -0.25) is 19.9 Å². The van der Waals surface area contributed by atoms with Gasteiger partial charge >= 0.3 is 6.18 Å². The number of hydrogen-bond donors (Lipinski definition) is 2. The molecule has 0 spiro atoms. The molecule has 2 saturated heterocycles. The zero-order chi connectivity index (χ0) is 25.5. The zero-order valence-electron chi connectivity index (χ0n) is 19.9. The minimum Gasteiger partial charge on any atom is -0.350 e. The summed E-state index contributed by atoms with van der Waals surface area (Å²) in [6.07, 6.45) is -4.04. The number of nitrogens with zero attached hydrogens (tertiary/aromatic N) is 2. The van der Waals surface area contributed by atoms with Crippen LogP contribution in [0.4, 0.5) is 18.9 Å². The van der Waals surface area contributed by atoms with Crippen LogP contribution in [0, 0.1) is 11.3 Å². The molecule has 0 unspecified atom stereocenters. The summed E-state index contributed by atoms with van der Waals surface area (Å²) in [5, 5.41) is 11.5. The van der Waals surface area contributed by atoms with Crippen LogP contribution in [0.25, 0.3) is 0 Å². The predicted molar refractivity (Wildman–Crippen MR) is 127 cm³/mol. The second kappa shape index (κ2) is 9.02. The van der Waals surface area contributed by atoms with Crippen LogP contribution >= 0.6 is 0 Å². The molecule has 35 heavy (non-hydrogen) atoms. The number of anilines is 1. The number of carbonyl (C=O) groups excluding carboxylic acids is 2. The van der Waals surface area contributed by atoms with Crippen LogP contribution in [0.2, 0.25) is 0 Å². The summed E-state index contributed by atoms with van der Waals surface area (Å²) in [5.41, 5.74) is 0.661. The molecule has 186 valence electrons. The summed E-state index contributed by atoms with van der Waals surface area (Å²) in [6, 6.07) is 12.3. The zero-order valence-corrected chi connectivity index (χ0v) is 19.9. The number of hydrogen-bond acceptors (Lipinski definition) is 3. The van der Waals surface area contributed by atoms with Crippen molar-refractivity contribution in [1.29, 1.82) is 5.41 Å². The first-order valence-corrected chi connectivity index (χ1v) is 11.6. The van der Waals surface area contributed by atoms with E-state index >= 15 is 0 Å². The van der Waals surface area contributed by atoms with Crippen molar-refractivity contribution in [2.75, 3.05) is 11.4 Å². The molecule has 2 fully saturated rings. The van der Waals surface area contributed by atoms with Crippen molar-refractivity contribution in [2.24, 2.45) is 5.92 Å². The molecule has 2 atom stereocenters. The van der Waals surface area contributed by atoms with Gasteiger partial charge in [-0.1, -0.05) is 44.2 Å². The Morgan fingerprint density at radius 3 is 2.49 bits per heavy atom. The monoisotopic (exact) mass is 486 g/mol. The Balaban J connectivity index is 1.49. The van der Waals surface area contributed by atoms with Gasteiger partial charge in [0, 0.05) is 30.1 Å². The third-order valence-corrected chi connectivity index (χ3v) is 7.14. The molecule has 0 aliphatic carbocycles. The molecule has 0 radical (unpaired) electrons.